The number of thiazole rings is 2. The Morgan fingerprint density at radius 2 is 2.00 bits per heavy atom. The minimum Gasteiger partial charge on any atom is -0.346 e. The van der Waals surface area contributed by atoms with Crippen molar-refractivity contribution in [1.29, 1.82) is 0 Å². The molecule has 0 spiro atoms. The van der Waals surface area contributed by atoms with Crippen LogP contribution in [0.3, 0.4) is 0 Å². The zero-order valence-corrected chi connectivity index (χ0v) is 13.1. The molecule has 2 aromatic carbocycles. The maximum atomic E-state index is 12.2. The molecule has 0 saturated heterocycles. The number of carbonyl (C=O) groups is 1. The molecule has 0 unspecified atom stereocenters. The molecule has 4 aromatic rings. The van der Waals surface area contributed by atoms with Gasteiger partial charge in [-0.3, -0.25) is 4.79 Å². The van der Waals surface area contributed by atoms with Crippen LogP contribution in [0.2, 0.25) is 0 Å². The maximum absolute atomic E-state index is 12.2. The Balaban J connectivity index is 1.51. The van der Waals surface area contributed by atoms with Crippen LogP contribution in [-0.2, 0) is 6.54 Å². The highest BCUT2D eigenvalue weighted by molar-refractivity contribution is 7.18. The van der Waals surface area contributed by atoms with Crippen molar-refractivity contribution in [2.24, 2.45) is 0 Å². The first kappa shape index (κ1) is 13.4. The largest absolute Gasteiger partial charge is 0.346 e. The summed E-state index contributed by atoms with van der Waals surface area (Å²) in [6, 6.07) is 13.5. The zero-order chi connectivity index (χ0) is 14.9. The van der Waals surface area contributed by atoms with Crippen LogP contribution in [0, 0.1) is 0 Å². The molecular formula is C16H11N3OS2. The van der Waals surface area contributed by atoms with Crippen LogP contribution in [-0.4, -0.2) is 15.9 Å². The zero-order valence-electron chi connectivity index (χ0n) is 11.4. The molecule has 0 saturated carbocycles. The van der Waals surface area contributed by atoms with E-state index in [0.29, 0.717) is 12.1 Å². The third-order valence-electron chi connectivity index (χ3n) is 3.33. The predicted molar refractivity (Wildman–Crippen MR) is 90.4 cm³/mol. The number of hydrogen-bond donors (Lipinski definition) is 1. The fraction of sp³-hybridized carbons (Fsp3) is 0.0625. The van der Waals surface area contributed by atoms with Crippen molar-refractivity contribution >= 4 is 49.0 Å². The Bertz CT molecular complexity index is 941. The first-order valence-electron chi connectivity index (χ1n) is 6.75. The van der Waals surface area contributed by atoms with Crippen molar-refractivity contribution in [2.45, 2.75) is 6.54 Å². The molecule has 4 nitrogen and oxygen atoms in total. The summed E-state index contributed by atoms with van der Waals surface area (Å²) in [4.78, 5) is 21.0. The van der Waals surface area contributed by atoms with Crippen molar-refractivity contribution in [3.8, 4) is 0 Å². The van der Waals surface area contributed by atoms with Gasteiger partial charge in [-0.1, -0.05) is 12.1 Å². The highest BCUT2D eigenvalue weighted by Crippen LogP contribution is 2.22. The highest BCUT2D eigenvalue weighted by Gasteiger charge is 2.09. The minimum atomic E-state index is -0.0884. The summed E-state index contributed by atoms with van der Waals surface area (Å²) in [7, 11) is 0. The molecule has 1 amide bonds. The molecular weight excluding hydrogens is 314 g/mol. The van der Waals surface area contributed by atoms with Crippen LogP contribution in [0.25, 0.3) is 20.4 Å². The number of fused-ring (bicyclic) bond motifs is 2. The van der Waals surface area contributed by atoms with Gasteiger partial charge in [-0.25, -0.2) is 9.97 Å². The van der Waals surface area contributed by atoms with Gasteiger partial charge in [0.15, 0.2) is 0 Å². The lowest BCUT2D eigenvalue weighted by atomic mass is 10.2. The first-order chi connectivity index (χ1) is 10.8. The van der Waals surface area contributed by atoms with Gasteiger partial charge in [0.2, 0.25) is 0 Å². The monoisotopic (exact) mass is 325 g/mol. The van der Waals surface area contributed by atoms with E-state index in [1.54, 1.807) is 22.9 Å². The van der Waals surface area contributed by atoms with E-state index in [1.165, 1.54) is 11.3 Å². The van der Waals surface area contributed by atoms with E-state index >= 15 is 0 Å². The Labute approximate surface area is 134 Å². The molecule has 108 valence electrons. The van der Waals surface area contributed by atoms with E-state index < -0.39 is 0 Å². The van der Waals surface area contributed by atoms with Gasteiger partial charge in [0, 0.05) is 5.56 Å². The molecule has 0 aliphatic rings. The van der Waals surface area contributed by atoms with Crippen LogP contribution in [0.1, 0.15) is 15.4 Å². The normalized spacial score (nSPS) is 11.1. The summed E-state index contributed by atoms with van der Waals surface area (Å²) in [5.41, 5.74) is 4.33. The minimum absolute atomic E-state index is 0.0884. The number of nitrogens with zero attached hydrogens (tertiary/aromatic N) is 2. The van der Waals surface area contributed by atoms with E-state index in [4.69, 9.17) is 0 Å². The number of para-hydroxylation sites is 1. The van der Waals surface area contributed by atoms with Crippen LogP contribution >= 0.6 is 22.7 Å². The summed E-state index contributed by atoms with van der Waals surface area (Å²) in [5, 5.41) is 3.84. The maximum Gasteiger partial charge on any atom is 0.251 e. The molecule has 1 N–H and O–H groups in total. The Hall–Kier alpha value is -2.31. The number of amides is 1. The molecule has 0 fully saturated rings. The lowest BCUT2D eigenvalue weighted by molar-refractivity contribution is 0.0951. The fourth-order valence-corrected chi connectivity index (χ4v) is 3.87. The quantitative estimate of drug-likeness (QED) is 0.623. The molecule has 2 heterocycles. The van der Waals surface area contributed by atoms with E-state index in [0.717, 1.165) is 25.4 Å². The van der Waals surface area contributed by atoms with Crippen molar-refractivity contribution in [3.05, 3.63) is 58.5 Å². The lowest BCUT2D eigenvalue weighted by Gasteiger charge is -2.03. The van der Waals surface area contributed by atoms with Gasteiger partial charge in [-0.15, -0.1) is 22.7 Å². The van der Waals surface area contributed by atoms with Gasteiger partial charge in [0.05, 0.1) is 32.5 Å². The Morgan fingerprint density at radius 3 is 2.91 bits per heavy atom. The van der Waals surface area contributed by atoms with Crippen molar-refractivity contribution in [2.75, 3.05) is 0 Å². The second kappa shape index (κ2) is 5.47. The van der Waals surface area contributed by atoms with Crippen LogP contribution in [0.5, 0.6) is 0 Å². The van der Waals surface area contributed by atoms with E-state index in [-0.39, 0.29) is 5.91 Å². The summed E-state index contributed by atoms with van der Waals surface area (Å²) in [6.45, 7) is 0.443. The Morgan fingerprint density at radius 1 is 1.09 bits per heavy atom. The third-order valence-corrected chi connectivity index (χ3v) is 5.16. The van der Waals surface area contributed by atoms with Crippen molar-refractivity contribution in [3.63, 3.8) is 0 Å². The number of hydrogen-bond acceptors (Lipinski definition) is 5. The topological polar surface area (TPSA) is 54.9 Å². The predicted octanol–water partition coefficient (Wildman–Crippen LogP) is 3.84. The molecule has 0 atom stereocenters. The number of rotatable bonds is 3. The lowest BCUT2D eigenvalue weighted by Crippen LogP contribution is -2.22. The number of carbonyl (C=O) groups excluding carboxylic acids is 1. The Kier molecular flexibility index (Phi) is 3.32. The van der Waals surface area contributed by atoms with E-state index in [2.05, 4.69) is 15.3 Å². The van der Waals surface area contributed by atoms with Gasteiger partial charge < -0.3 is 5.32 Å². The summed E-state index contributed by atoms with van der Waals surface area (Å²) < 4.78 is 2.16. The fourth-order valence-electron chi connectivity index (χ4n) is 2.25. The molecule has 0 radical (unpaired) electrons. The first-order valence-corrected chi connectivity index (χ1v) is 8.45. The van der Waals surface area contributed by atoms with Gasteiger partial charge in [-0.2, -0.15) is 0 Å². The van der Waals surface area contributed by atoms with Crippen molar-refractivity contribution in [1.82, 2.24) is 15.3 Å². The number of nitrogens with one attached hydrogen (secondary N) is 1. The average molecular weight is 325 g/mol. The molecule has 0 bridgehead atoms. The standard InChI is InChI=1S/C16H11N3OS2/c20-16(10-5-6-11-14(7-10)21-9-18-11)17-8-15-19-12-3-1-2-4-13(12)22-15/h1-7,9H,8H2,(H,17,20). The summed E-state index contributed by atoms with van der Waals surface area (Å²) in [5.74, 6) is -0.0884. The molecule has 0 aliphatic heterocycles. The smallest absolute Gasteiger partial charge is 0.251 e. The van der Waals surface area contributed by atoms with E-state index in [1.807, 2.05) is 36.4 Å². The van der Waals surface area contributed by atoms with Crippen molar-refractivity contribution < 1.29 is 4.79 Å². The van der Waals surface area contributed by atoms with Gasteiger partial charge >= 0.3 is 0 Å². The molecule has 6 heteroatoms. The number of benzene rings is 2. The van der Waals surface area contributed by atoms with Crippen LogP contribution < -0.4 is 5.32 Å². The van der Waals surface area contributed by atoms with Crippen LogP contribution in [0.15, 0.2) is 48.0 Å². The van der Waals surface area contributed by atoms with Gasteiger partial charge in [-0.05, 0) is 30.3 Å². The number of aromatic nitrogens is 2. The highest BCUT2D eigenvalue weighted by atomic mass is 32.1. The SMILES string of the molecule is O=C(NCc1nc2ccccc2s1)c1ccc2ncsc2c1. The molecule has 0 aliphatic carbocycles. The van der Waals surface area contributed by atoms with Gasteiger partial charge in [0.25, 0.3) is 5.91 Å². The van der Waals surface area contributed by atoms with E-state index in [9.17, 15) is 4.79 Å². The second-order valence-corrected chi connectivity index (χ2v) is 6.79. The molecule has 22 heavy (non-hydrogen) atoms. The summed E-state index contributed by atoms with van der Waals surface area (Å²) in [6.07, 6.45) is 0. The summed E-state index contributed by atoms with van der Waals surface area (Å²) >= 11 is 3.14. The van der Waals surface area contributed by atoms with Gasteiger partial charge in [0.1, 0.15) is 5.01 Å². The van der Waals surface area contributed by atoms with Crippen LogP contribution in [0.4, 0.5) is 0 Å². The third kappa shape index (κ3) is 2.47. The second-order valence-electron chi connectivity index (χ2n) is 4.79. The molecule has 2 aromatic heterocycles. The average Bonchev–Trinajstić information content (AvgIpc) is 3.17. The molecule has 4 rings (SSSR count).